The van der Waals surface area contributed by atoms with E-state index in [2.05, 4.69) is 5.32 Å². The number of allylic oxidation sites excluding steroid dienone is 3. The third-order valence-corrected chi connectivity index (χ3v) is 5.95. The number of nitrogens with one attached hydrogen (secondary N) is 1. The Balaban J connectivity index is 1.80. The van der Waals surface area contributed by atoms with Gasteiger partial charge in [0, 0.05) is 29.3 Å². The summed E-state index contributed by atoms with van der Waals surface area (Å²) in [5.74, 6) is -1.23. The molecule has 2 aliphatic rings. The summed E-state index contributed by atoms with van der Waals surface area (Å²) in [6, 6.07) is 14.2. The third-order valence-electron chi connectivity index (χ3n) is 5.95. The van der Waals surface area contributed by atoms with Gasteiger partial charge in [-0.25, -0.2) is 9.18 Å². The van der Waals surface area contributed by atoms with Crippen LogP contribution in [0.4, 0.5) is 4.39 Å². The number of carbonyl (C=O) groups excluding carboxylic acids is 2. The predicted molar refractivity (Wildman–Crippen MR) is 112 cm³/mol. The van der Waals surface area contributed by atoms with Gasteiger partial charge in [-0.1, -0.05) is 42.0 Å². The van der Waals surface area contributed by atoms with Gasteiger partial charge >= 0.3 is 5.97 Å². The lowest BCUT2D eigenvalue weighted by Crippen LogP contribution is -2.36. The molecule has 4 nitrogen and oxygen atoms in total. The Morgan fingerprint density at radius 2 is 1.80 bits per heavy atom. The molecule has 0 bridgehead atoms. The van der Waals surface area contributed by atoms with Gasteiger partial charge in [-0.15, -0.1) is 0 Å². The van der Waals surface area contributed by atoms with Crippen LogP contribution in [0.2, 0.25) is 0 Å². The highest BCUT2D eigenvalue weighted by atomic mass is 19.1. The quantitative estimate of drug-likeness (QED) is 0.754. The van der Waals surface area contributed by atoms with Crippen LogP contribution in [0.1, 0.15) is 48.3 Å². The van der Waals surface area contributed by atoms with Crippen LogP contribution in [-0.4, -0.2) is 18.9 Å². The number of benzene rings is 2. The summed E-state index contributed by atoms with van der Waals surface area (Å²) in [6.07, 6.45) is 0.947. The Morgan fingerprint density at radius 1 is 1.07 bits per heavy atom. The molecule has 2 atom stereocenters. The van der Waals surface area contributed by atoms with Crippen molar-refractivity contribution in [3.8, 4) is 0 Å². The van der Waals surface area contributed by atoms with E-state index in [1.165, 1.54) is 19.2 Å². The Morgan fingerprint density at radius 3 is 2.47 bits per heavy atom. The molecule has 1 aliphatic heterocycles. The molecule has 0 saturated heterocycles. The molecule has 0 saturated carbocycles. The Kier molecular flexibility index (Phi) is 5.29. The van der Waals surface area contributed by atoms with Crippen LogP contribution >= 0.6 is 0 Å². The molecule has 1 N–H and O–H groups in total. The van der Waals surface area contributed by atoms with E-state index >= 15 is 0 Å². The largest absolute Gasteiger partial charge is 0.466 e. The highest BCUT2D eigenvalue weighted by molar-refractivity contribution is 6.04. The molecule has 154 valence electrons. The van der Waals surface area contributed by atoms with E-state index in [4.69, 9.17) is 4.74 Å². The number of carbonyl (C=O) groups is 2. The third kappa shape index (κ3) is 3.56. The predicted octanol–water partition coefficient (Wildman–Crippen LogP) is 4.67. The smallest absolute Gasteiger partial charge is 0.336 e. The minimum absolute atomic E-state index is 0.00140. The fourth-order valence-corrected chi connectivity index (χ4v) is 4.57. The topological polar surface area (TPSA) is 55.4 Å². The summed E-state index contributed by atoms with van der Waals surface area (Å²) in [7, 11) is 1.35. The second kappa shape index (κ2) is 7.90. The monoisotopic (exact) mass is 405 g/mol. The van der Waals surface area contributed by atoms with Crippen LogP contribution < -0.4 is 5.32 Å². The minimum atomic E-state index is -0.463. The number of aryl methyl sites for hydroxylation is 1. The van der Waals surface area contributed by atoms with Gasteiger partial charge in [-0.2, -0.15) is 0 Å². The summed E-state index contributed by atoms with van der Waals surface area (Å²) < 4.78 is 18.4. The van der Waals surface area contributed by atoms with Crippen molar-refractivity contribution in [1.29, 1.82) is 0 Å². The van der Waals surface area contributed by atoms with Crippen LogP contribution in [0.3, 0.4) is 0 Å². The Labute approximate surface area is 175 Å². The van der Waals surface area contributed by atoms with Gasteiger partial charge in [0.2, 0.25) is 0 Å². The first kappa shape index (κ1) is 20.1. The summed E-state index contributed by atoms with van der Waals surface area (Å²) >= 11 is 0. The van der Waals surface area contributed by atoms with E-state index in [0.29, 0.717) is 29.7 Å². The number of Topliss-reactive ketones (excluding diaryl/α,β-unsaturated/α-hetero) is 1. The second-order valence-corrected chi connectivity index (χ2v) is 7.97. The van der Waals surface area contributed by atoms with E-state index < -0.39 is 11.9 Å². The van der Waals surface area contributed by atoms with Crippen molar-refractivity contribution in [3.63, 3.8) is 0 Å². The molecule has 4 rings (SSSR count). The van der Waals surface area contributed by atoms with Crippen molar-refractivity contribution >= 4 is 11.8 Å². The maximum absolute atomic E-state index is 13.4. The van der Waals surface area contributed by atoms with Crippen molar-refractivity contribution in [2.75, 3.05) is 7.11 Å². The molecule has 0 radical (unpaired) electrons. The zero-order valence-electron chi connectivity index (χ0n) is 17.3. The maximum Gasteiger partial charge on any atom is 0.336 e. The molecule has 1 heterocycles. The number of rotatable bonds is 3. The van der Waals surface area contributed by atoms with Crippen LogP contribution in [0.5, 0.6) is 0 Å². The zero-order valence-corrected chi connectivity index (χ0v) is 17.3. The van der Waals surface area contributed by atoms with Crippen molar-refractivity contribution < 1.29 is 18.7 Å². The molecule has 0 amide bonds. The molecule has 0 unspecified atom stereocenters. The molecule has 0 fully saturated rings. The highest BCUT2D eigenvalue weighted by Crippen LogP contribution is 2.45. The standard InChI is InChI=1S/C25H24FNO3/c1-14-5-4-6-17(11-14)23-22(25(29)30-3)15(2)27-20-12-18(13-21(28)24(20)23)16-7-9-19(26)10-8-16/h4-11,18,23,27H,12-13H2,1-3H3/t18-,23-/m1/s1. The summed E-state index contributed by atoms with van der Waals surface area (Å²) in [4.78, 5) is 26.0. The first-order valence-electron chi connectivity index (χ1n) is 10.0. The number of hydrogen-bond acceptors (Lipinski definition) is 4. The van der Waals surface area contributed by atoms with Gasteiger partial charge in [-0.05, 0) is 49.4 Å². The van der Waals surface area contributed by atoms with E-state index in [9.17, 15) is 14.0 Å². The van der Waals surface area contributed by atoms with Crippen molar-refractivity contribution in [3.05, 3.63) is 93.6 Å². The summed E-state index contributed by atoms with van der Waals surface area (Å²) in [6.45, 7) is 3.83. The van der Waals surface area contributed by atoms with Crippen LogP contribution in [0, 0.1) is 12.7 Å². The van der Waals surface area contributed by atoms with Crippen molar-refractivity contribution in [2.24, 2.45) is 0 Å². The number of methoxy groups -OCH3 is 1. The average molecular weight is 405 g/mol. The Bertz CT molecular complexity index is 1080. The number of dihydropyridines is 1. The molecule has 0 aromatic heterocycles. The average Bonchev–Trinajstić information content (AvgIpc) is 2.72. The fraction of sp³-hybridized carbons (Fsp3) is 0.280. The fourth-order valence-electron chi connectivity index (χ4n) is 4.57. The number of halogens is 1. The van der Waals surface area contributed by atoms with Gasteiger partial charge in [0.15, 0.2) is 5.78 Å². The van der Waals surface area contributed by atoms with Gasteiger partial charge < -0.3 is 10.1 Å². The lowest BCUT2D eigenvalue weighted by Gasteiger charge is -2.36. The van der Waals surface area contributed by atoms with E-state index in [1.807, 2.05) is 38.1 Å². The van der Waals surface area contributed by atoms with E-state index in [0.717, 1.165) is 22.4 Å². The first-order chi connectivity index (χ1) is 14.4. The molecule has 2 aromatic rings. The first-order valence-corrected chi connectivity index (χ1v) is 10.0. The molecule has 30 heavy (non-hydrogen) atoms. The molecule has 0 spiro atoms. The second-order valence-electron chi connectivity index (χ2n) is 7.97. The van der Waals surface area contributed by atoms with E-state index in [-0.39, 0.29) is 17.5 Å². The van der Waals surface area contributed by atoms with Gasteiger partial charge in [0.05, 0.1) is 12.7 Å². The maximum atomic E-state index is 13.4. The molecule has 2 aromatic carbocycles. The minimum Gasteiger partial charge on any atom is -0.466 e. The van der Waals surface area contributed by atoms with E-state index in [1.54, 1.807) is 12.1 Å². The summed E-state index contributed by atoms with van der Waals surface area (Å²) in [5.41, 5.74) is 5.52. The van der Waals surface area contributed by atoms with Crippen LogP contribution in [-0.2, 0) is 14.3 Å². The molecular formula is C25H24FNO3. The molecular weight excluding hydrogens is 381 g/mol. The lowest BCUT2D eigenvalue weighted by atomic mass is 9.71. The van der Waals surface area contributed by atoms with Crippen LogP contribution in [0.15, 0.2) is 71.1 Å². The normalized spacial score (nSPS) is 21.3. The lowest BCUT2D eigenvalue weighted by molar-refractivity contribution is -0.136. The summed E-state index contributed by atoms with van der Waals surface area (Å²) in [5, 5.41) is 3.30. The SMILES string of the molecule is COC(=O)C1=C(C)NC2=C(C(=O)C[C@H](c3ccc(F)cc3)C2)[C@@H]1c1cccc(C)c1. The van der Waals surface area contributed by atoms with Crippen LogP contribution in [0.25, 0.3) is 0 Å². The zero-order chi connectivity index (χ0) is 21.4. The number of esters is 1. The number of hydrogen-bond donors (Lipinski definition) is 1. The van der Waals surface area contributed by atoms with Gasteiger partial charge in [-0.3, -0.25) is 4.79 Å². The van der Waals surface area contributed by atoms with Crippen molar-refractivity contribution in [1.82, 2.24) is 5.32 Å². The highest BCUT2D eigenvalue weighted by Gasteiger charge is 2.41. The molecule has 1 aliphatic carbocycles. The van der Waals surface area contributed by atoms with Crippen molar-refractivity contribution in [2.45, 2.75) is 38.5 Å². The van der Waals surface area contributed by atoms with Gasteiger partial charge in [0.1, 0.15) is 5.82 Å². The Hall–Kier alpha value is -3.21. The molecule has 5 heteroatoms. The number of ketones is 1. The van der Waals surface area contributed by atoms with Gasteiger partial charge in [0.25, 0.3) is 0 Å². The number of ether oxygens (including phenoxy) is 1.